The summed E-state index contributed by atoms with van der Waals surface area (Å²) in [7, 11) is 0. The van der Waals surface area contributed by atoms with E-state index in [9.17, 15) is 0 Å². The first kappa shape index (κ1) is 13.9. The van der Waals surface area contributed by atoms with Gasteiger partial charge in [0.05, 0.1) is 5.02 Å². The molecule has 0 atom stereocenters. The van der Waals surface area contributed by atoms with E-state index in [0.717, 1.165) is 27.6 Å². The first-order valence-corrected chi connectivity index (χ1v) is 7.09. The van der Waals surface area contributed by atoms with E-state index in [1.54, 1.807) is 0 Å². The lowest BCUT2D eigenvalue weighted by atomic mass is 10.2. The van der Waals surface area contributed by atoms with Crippen molar-refractivity contribution in [2.24, 2.45) is 0 Å². The van der Waals surface area contributed by atoms with E-state index in [1.165, 1.54) is 11.1 Å². The van der Waals surface area contributed by atoms with Gasteiger partial charge in [-0.15, -0.1) is 0 Å². The highest BCUT2D eigenvalue weighted by molar-refractivity contribution is 9.10. The van der Waals surface area contributed by atoms with Gasteiger partial charge in [0.15, 0.2) is 0 Å². The number of hydrogen-bond acceptors (Lipinski definition) is 1. The first-order valence-electron chi connectivity index (χ1n) is 5.54. The highest BCUT2D eigenvalue weighted by Crippen LogP contribution is 2.23. The van der Waals surface area contributed by atoms with Crippen molar-refractivity contribution < 1.29 is 0 Å². The normalized spacial score (nSPS) is 10.6. The molecule has 4 heteroatoms. The van der Waals surface area contributed by atoms with E-state index in [-0.39, 0.29) is 0 Å². The van der Waals surface area contributed by atoms with Crippen LogP contribution in [0.2, 0.25) is 10.0 Å². The molecule has 0 aromatic heterocycles. The minimum atomic E-state index is 0.730. The molecule has 0 saturated heterocycles. The molecule has 1 N–H and O–H groups in total. The molecular formula is C14H12BrCl2N. The van der Waals surface area contributed by atoms with Crippen LogP contribution in [0.15, 0.2) is 46.9 Å². The van der Waals surface area contributed by atoms with Gasteiger partial charge in [-0.25, -0.2) is 0 Å². The van der Waals surface area contributed by atoms with Crippen LogP contribution >= 0.6 is 39.1 Å². The van der Waals surface area contributed by atoms with Crippen LogP contribution in [0.4, 0.5) is 0 Å². The fourth-order valence-electron chi connectivity index (χ4n) is 1.65. The van der Waals surface area contributed by atoms with Crippen molar-refractivity contribution in [2.75, 3.05) is 0 Å². The molecule has 0 saturated carbocycles. The van der Waals surface area contributed by atoms with Crippen LogP contribution in [-0.2, 0) is 13.1 Å². The molecule has 0 aliphatic heterocycles. The molecule has 2 aromatic carbocycles. The highest BCUT2D eigenvalue weighted by atomic mass is 79.9. The van der Waals surface area contributed by atoms with Crippen molar-refractivity contribution in [3.8, 4) is 0 Å². The summed E-state index contributed by atoms with van der Waals surface area (Å²) in [4.78, 5) is 0. The van der Waals surface area contributed by atoms with Crippen LogP contribution in [0.25, 0.3) is 0 Å². The smallest absolute Gasteiger partial charge is 0.0548 e. The molecule has 18 heavy (non-hydrogen) atoms. The van der Waals surface area contributed by atoms with Crippen molar-refractivity contribution in [1.29, 1.82) is 0 Å². The van der Waals surface area contributed by atoms with Crippen LogP contribution in [0.1, 0.15) is 11.1 Å². The van der Waals surface area contributed by atoms with Gasteiger partial charge in [-0.3, -0.25) is 0 Å². The Balaban J connectivity index is 1.90. The van der Waals surface area contributed by atoms with Gasteiger partial charge < -0.3 is 5.32 Å². The minimum absolute atomic E-state index is 0.730. The van der Waals surface area contributed by atoms with Crippen molar-refractivity contribution in [1.82, 2.24) is 5.32 Å². The van der Waals surface area contributed by atoms with Gasteiger partial charge in [-0.05, 0) is 51.3 Å². The van der Waals surface area contributed by atoms with Crippen LogP contribution in [0.3, 0.4) is 0 Å². The molecule has 0 radical (unpaired) electrons. The Kier molecular flexibility index (Phi) is 5.07. The van der Waals surface area contributed by atoms with Gasteiger partial charge in [-0.2, -0.15) is 0 Å². The second-order valence-corrected chi connectivity index (χ2v) is 5.68. The molecule has 2 rings (SSSR count). The molecule has 0 aliphatic carbocycles. The van der Waals surface area contributed by atoms with E-state index < -0.39 is 0 Å². The predicted octanol–water partition coefficient (Wildman–Crippen LogP) is 5.05. The third-order valence-electron chi connectivity index (χ3n) is 2.53. The Labute approximate surface area is 125 Å². The number of rotatable bonds is 4. The number of benzene rings is 2. The summed E-state index contributed by atoms with van der Waals surface area (Å²) in [5, 5.41) is 4.87. The zero-order valence-corrected chi connectivity index (χ0v) is 12.7. The molecule has 2 aromatic rings. The topological polar surface area (TPSA) is 12.0 Å². The van der Waals surface area contributed by atoms with Gasteiger partial charge in [0.25, 0.3) is 0 Å². The molecule has 0 aliphatic rings. The summed E-state index contributed by atoms with van der Waals surface area (Å²) < 4.78 is 0.922. The lowest BCUT2D eigenvalue weighted by molar-refractivity contribution is 0.693. The van der Waals surface area contributed by atoms with Crippen molar-refractivity contribution >= 4 is 39.1 Å². The summed E-state index contributed by atoms with van der Waals surface area (Å²) in [6.07, 6.45) is 0. The quantitative estimate of drug-likeness (QED) is 0.818. The van der Waals surface area contributed by atoms with E-state index in [2.05, 4.69) is 27.3 Å². The summed E-state index contributed by atoms with van der Waals surface area (Å²) in [5.41, 5.74) is 2.36. The maximum Gasteiger partial charge on any atom is 0.0548 e. The highest BCUT2D eigenvalue weighted by Gasteiger charge is 1.99. The second-order valence-electron chi connectivity index (χ2n) is 3.98. The Morgan fingerprint density at radius 3 is 2.33 bits per heavy atom. The third kappa shape index (κ3) is 3.99. The maximum absolute atomic E-state index is 5.95. The first-order chi connectivity index (χ1) is 8.65. The molecule has 94 valence electrons. The van der Waals surface area contributed by atoms with E-state index in [4.69, 9.17) is 23.2 Å². The number of halogens is 3. The largest absolute Gasteiger partial charge is 0.309 e. The van der Waals surface area contributed by atoms with E-state index >= 15 is 0 Å². The molecule has 0 bridgehead atoms. The number of hydrogen-bond donors (Lipinski definition) is 1. The van der Waals surface area contributed by atoms with Crippen molar-refractivity contribution in [3.05, 3.63) is 68.1 Å². The van der Waals surface area contributed by atoms with Gasteiger partial charge in [0.2, 0.25) is 0 Å². The van der Waals surface area contributed by atoms with Gasteiger partial charge in [0, 0.05) is 22.6 Å². The van der Waals surface area contributed by atoms with Crippen molar-refractivity contribution in [2.45, 2.75) is 13.1 Å². The molecule has 0 heterocycles. The zero-order valence-electron chi connectivity index (χ0n) is 9.59. The van der Waals surface area contributed by atoms with Crippen LogP contribution in [-0.4, -0.2) is 0 Å². The summed E-state index contributed by atoms with van der Waals surface area (Å²) >= 11 is 15.3. The molecule has 0 fully saturated rings. The van der Waals surface area contributed by atoms with Crippen LogP contribution in [0.5, 0.6) is 0 Å². The molecule has 0 amide bonds. The van der Waals surface area contributed by atoms with E-state index in [1.807, 2.05) is 36.4 Å². The molecular weight excluding hydrogens is 333 g/mol. The van der Waals surface area contributed by atoms with Gasteiger partial charge in [0.1, 0.15) is 0 Å². The SMILES string of the molecule is Clc1cccc(CNCc2ccc(Cl)c(Br)c2)c1. The fourth-order valence-corrected chi connectivity index (χ4v) is 2.40. The zero-order chi connectivity index (χ0) is 13.0. The Morgan fingerprint density at radius 1 is 0.944 bits per heavy atom. The average molecular weight is 345 g/mol. The van der Waals surface area contributed by atoms with Crippen molar-refractivity contribution in [3.63, 3.8) is 0 Å². The summed E-state index contributed by atoms with van der Waals surface area (Å²) in [5.74, 6) is 0. The lowest BCUT2D eigenvalue weighted by Crippen LogP contribution is -2.12. The Bertz CT molecular complexity index is 543. The summed E-state index contributed by atoms with van der Waals surface area (Å²) in [6.45, 7) is 1.59. The second kappa shape index (κ2) is 6.58. The third-order valence-corrected chi connectivity index (χ3v) is 3.98. The van der Waals surface area contributed by atoms with Gasteiger partial charge >= 0.3 is 0 Å². The molecule has 0 unspecified atom stereocenters. The average Bonchev–Trinajstić information content (AvgIpc) is 2.34. The molecule has 1 nitrogen and oxygen atoms in total. The maximum atomic E-state index is 5.95. The Hall–Kier alpha value is -0.540. The monoisotopic (exact) mass is 343 g/mol. The predicted molar refractivity (Wildman–Crippen MR) is 81.1 cm³/mol. The summed E-state index contributed by atoms with van der Waals surface area (Å²) in [6, 6.07) is 13.8. The Morgan fingerprint density at radius 2 is 1.67 bits per heavy atom. The molecule has 0 spiro atoms. The van der Waals surface area contributed by atoms with Crippen LogP contribution in [0, 0.1) is 0 Å². The van der Waals surface area contributed by atoms with E-state index in [0.29, 0.717) is 0 Å². The minimum Gasteiger partial charge on any atom is -0.309 e. The fraction of sp³-hybridized carbons (Fsp3) is 0.143. The van der Waals surface area contributed by atoms with Crippen LogP contribution < -0.4 is 5.32 Å². The lowest BCUT2D eigenvalue weighted by Gasteiger charge is -2.06. The van der Waals surface area contributed by atoms with Gasteiger partial charge in [-0.1, -0.05) is 41.4 Å². The standard InChI is InChI=1S/C14H12BrCl2N/c15-13-7-11(4-5-14(13)17)9-18-8-10-2-1-3-12(16)6-10/h1-7,18H,8-9H2. The number of nitrogens with one attached hydrogen (secondary N) is 1.